The maximum Gasteiger partial charge on any atom is 0.256 e. The lowest BCUT2D eigenvalue weighted by molar-refractivity contribution is -0.166. The number of aromatic nitrogens is 1. The SMILES string of the molecule is C[C@H](CC1CCCCC1)C(=O)N1CC[C@]2(O)Cn3cc(c(-c4ccccc4)cc3=O)C(=O)N3CCNCC34CCC2(C1)C4. The van der Waals surface area contributed by atoms with E-state index in [-0.39, 0.29) is 29.8 Å². The van der Waals surface area contributed by atoms with Crippen LogP contribution in [0.3, 0.4) is 0 Å². The van der Waals surface area contributed by atoms with Crippen molar-refractivity contribution in [1.82, 2.24) is 19.7 Å². The zero-order chi connectivity index (χ0) is 29.8. The monoisotopic (exact) mass is 586 g/mol. The van der Waals surface area contributed by atoms with Crippen LogP contribution in [0.15, 0.2) is 47.4 Å². The Kier molecular flexibility index (Phi) is 7.28. The molecule has 7 rings (SSSR count). The van der Waals surface area contributed by atoms with E-state index in [1.54, 1.807) is 16.8 Å². The Morgan fingerprint density at radius 1 is 1.02 bits per heavy atom. The number of amides is 2. The molecule has 4 fully saturated rings. The fourth-order valence-electron chi connectivity index (χ4n) is 9.45. The number of fused-ring (bicyclic) bond motifs is 2. The highest BCUT2D eigenvalue weighted by Gasteiger charge is 2.63. The maximum absolute atomic E-state index is 14.5. The van der Waals surface area contributed by atoms with Gasteiger partial charge in [-0.15, -0.1) is 0 Å². The second-order valence-corrected chi connectivity index (χ2v) is 14.4. The molecular formula is C35H46N4O4. The van der Waals surface area contributed by atoms with Crippen LogP contribution in [-0.4, -0.2) is 75.2 Å². The smallest absolute Gasteiger partial charge is 0.256 e. The molecule has 8 nitrogen and oxygen atoms in total. The molecule has 3 aliphatic heterocycles. The number of nitrogens with one attached hydrogen (secondary N) is 1. The molecule has 5 aliphatic rings. The third kappa shape index (κ3) is 4.85. The molecule has 4 heterocycles. The standard InChI is InChI=1S/C35H46N4O4/c1-25(18-26-8-4-2-5-9-26)31(41)37-16-14-35(43)24-38-20-29(28(19-30(38)40)27-10-6-3-7-11-27)32(42)39-17-15-36-22-34(39)13-12-33(35,21-34)23-37/h3,6-7,10-11,19-20,25-26,36,43H,2,4-5,8-9,12-18,21-24H2,1H3/t25-,33?,34?,35+/m1/s1. The number of carbonyl (C=O) groups is 2. The number of piperidine rings is 1. The zero-order valence-corrected chi connectivity index (χ0v) is 25.5. The Labute approximate surface area is 254 Å². The first-order valence-electron chi connectivity index (χ1n) is 16.6. The van der Waals surface area contributed by atoms with E-state index in [0.717, 1.165) is 18.4 Å². The topological polar surface area (TPSA) is 94.9 Å². The van der Waals surface area contributed by atoms with Crippen LogP contribution >= 0.6 is 0 Å². The van der Waals surface area contributed by atoms with E-state index in [1.165, 1.54) is 32.1 Å². The Morgan fingerprint density at radius 2 is 1.81 bits per heavy atom. The highest BCUT2D eigenvalue weighted by Crippen LogP contribution is 2.57. The van der Waals surface area contributed by atoms with Crippen LogP contribution in [0.4, 0.5) is 0 Å². The third-order valence-corrected chi connectivity index (χ3v) is 11.8. The van der Waals surface area contributed by atoms with Gasteiger partial charge in [0.1, 0.15) is 0 Å². The summed E-state index contributed by atoms with van der Waals surface area (Å²) in [6, 6.07) is 11.2. The molecule has 2 amide bonds. The fourth-order valence-corrected chi connectivity index (χ4v) is 9.45. The molecule has 43 heavy (non-hydrogen) atoms. The van der Waals surface area contributed by atoms with Crippen molar-refractivity contribution in [2.24, 2.45) is 17.3 Å². The highest BCUT2D eigenvalue weighted by molar-refractivity contribution is 6.01. The van der Waals surface area contributed by atoms with Crippen LogP contribution in [0.5, 0.6) is 0 Å². The van der Waals surface area contributed by atoms with E-state index in [2.05, 4.69) is 12.2 Å². The summed E-state index contributed by atoms with van der Waals surface area (Å²) < 4.78 is 1.57. The van der Waals surface area contributed by atoms with E-state index < -0.39 is 16.6 Å². The molecule has 4 bridgehead atoms. The van der Waals surface area contributed by atoms with Crippen molar-refractivity contribution in [3.8, 4) is 11.1 Å². The molecule has 4 atom stereocenters. The zero-order valence-electron chi connectivity index (χ0n) is 25.5. The van der Waals surface area contributed by atoms with E-state index in [1.807, 2.05) is 40.1 Å². The molecule has 0 radical (unpaired) electrons. The average Bonchev–Trinajstić information content (AvgIpc) is 3.38. The van der Waals surface area contributed by atoms with Gasteiger partial charge < -0.3 is 24.8 Å². The van der Waals surface area contributed by atoms with E-state index >= 15 is 0 Å². The molecule has 230 valence electrons. The predicted octanol–water partition coefficient (Wildman–Crippen LogP) is 4.05. The van der Waals surface area contributed by atoms with Gasteiger partial charge in [0, 0.05) is 61.9 Å². The predicted molar refractivity (Wildman–Crippen MR) is 166 cm³/mol. The second-order valence-electron chi connectivity index (χ2n) is 14.4. The number of rotatable bonds is 4. The van der Waals surface area contributed by atoms with Crippen LogP contribution < -0.4 is 10.9 Å². The van der Waals surface area contributed by atoms with E-state index in [4.69, 9.17) is 0 Å². The Morgan fingerprint density at radius 3 is 2.60 bits per heavy atom. The van der Waals surface area contributed by atoms with Crippen molar-refractivity contribution < 1.29 is 14.7 Å². The first kappa shape index (κ1) is 28.8. The number of pyridine rings is 1. The highest BCUT2D eigenvalue weighted by atomic mass is 16.3. The Balaban J connectivity index is 1.26. The minimum Gasteiger partial charge on any atom is -0.387 e. The van der Waals surface area contributed by atoms with Crippen molar-refractivity contribution in [2.75, 3.05) is 32.7 Å². The molecule has 1 aromatic heterocycles. The number of aliphatic hydroxyl groups is 1. The number of hydrogen-bond acceptors (Lipinski definition) is 5. The van der Waals surface area contributed by atoms with Gasteiger partial charge in [0.25, 0.3) is 11.5 Å². The van der Waals surface area contributed by atoms with Gasteiger partial charge >= 0.3 is 0 Å². The molecule has 2 unspecified atom stereocenters. The molecule has 2 aliphatic carbocycles. The fraction of sp³-hybridized carbons (Fsp3) is 0.629. The van der Waals surface area contributed by atoms with Crippen molar-refractivity contribution in [3.63, 3.8) is 0 Å². The van der Waals surface area contributed by atoms with Gasteiger partial charge in [0.2, 0.25) is 5.91 Å². The third-order valence-electron chi connectivity index (χ3n) is 11.8. The normalized spacial score (nSPS) is 31.7. The maximum atomic E-state index is 14.5. The second kappa shape index (κ2) is 10.9. The van der Waals surface area contributed by atoms with Gasteiger partial charge in [-0.25, -0.2) is 0 Å². The Bertz CT molecular complexity index is 1450. The Hall–Kier alpha value is -2.97. The van der Waals surface area contributed by atoms with Gasteiger partial charge in [0.15, 0.2) is 0 Å². The van der Waals surface area contributed by atoms with E-state index in [9.17, 15) is 19.5 Å². The number of piperazine rings is 1. The molecule has 8 heteroatoms. The van der Waals surface area contributed by atoms with Crippen LogP contribution in [0.2, 0.25) is 0 Å². The summed E-state index contributed by atoms with van der Waals surface area (Å²) >= 11 is 0. The molecule has 2 N–H and O–H groups in total. The van der Waals surface area contributed by atoms with Crippen molar-refractivity contribution in [3.05, 3.63) is 58.5 Å². The summed E-state index contributed by atoms with van der Waals surface area (Å²) in [6.07, 6.45) is 11.4. The van der Waals surface area contributed by atoms with Crippen LogP contribution in [0.25, 0.3) is 11.1 Å². The molecule has 2 saturated carbocycles. The van der Waals surface area contributed by atoms with E-state index in [0.29, 0.717) is 69.0 Å². The summed E-state index contributed by atoms with van der Waals surface area (Å²) in [6.45, 7) is 5.12. The van der Waals surface area contributed by atoms with Crippen molar-refractivity contribution in [1.29, 1.82) is 0 Å². The van der Waals surface area contributed by atoms with Gasteiger partial charge in [-0.05, 0) is 43.6 Å². The summed E-state index contributed by atoms with van der Waals surface area (Å²) in [7, 11) is 0. The van der Waals surface area contributed by atoms with Crippen LogP contribution in [0.1, 0.15) is 81.5 Å². The van der Waals surface area contributed by atoms with Gasteiger partial charge in [-0.1, -0.05) is 69.4 Å². The van der Waals surface area contributed by atoms with Crippen LogP contribution in [-0.2, 0) is 11.3 Å². The summed E-state index contributed by atoms with van der Waals surface area (Å²) in [4.78, 5) is 46.1. The van der Waals surface area contributed by atoms with Crippen molar-refractivity contribution >= 4 is 11.8 Å². The largest absolute Gasteiger partial charge is 0.387 e. The minimum atomic E-state index is -1.17. The molecule has 2 saturated heterocycles. The summed E-state index contributed by atoms with van der Waals surface area (Å²) in [5.41, 5.74) is -0.440. The summed E-state index contributed by atoms with van der Waals surface area (Å²) in [5, 5.41) is 16.2. The average molecular weight is 587 g/mol. The van der Waals surface area contributed by atoms with Crippen LogP contribution in [0, 0.1) is 17.3 Å². The lowest BCUT2D eigenvalue weighted by atomic mass is 9.64. The number of likely N-dealkylation sites (tertiary alicyclic amines) is 1. The first-order valence-corrected chi connectivity index (χ1v) is 16.6. The summed E-state index contributed by atoms with van der Waals surface area (Å²) in [5.74, 6) is 0.734. The number of nitrogens with zero attached hydrogens (tertiary/aromatic N) is 3. The molecule has 2 spiro atoms. The minimum absolute atomic E-state index is 0.0364. The van der Waals surface area contributed by atoms with Gasteiger partial charge in [0.05, 0.1) is 23.2 Å². The lowest BCUT2D eigenvalue weighted by Gasteiger charge is -2.55. The van der Waals surface area contributed by atoms with Gasteiger partial charge in [-0.3, -0.25) is 14.4 Å². The lowest BCUT2D eigenvalue weighted by Crippen LogP contribution is -2.67. The number of hydrogen-bond donors (Lipinski definition) is 2. The molecule has 1 aromatic carbocycles. The number of carbonyl (C=O) groups excluding carboxylic acids is 2. The quantitative estimate of drug-likeness (QED) is 0.564. The van der Waals surface area contributed by atoms with Gasteiger partial charge in [-0.2, -0.15) is 0 Å². The first-order chi connectivity index (χ1) is 20.7. The number of benzene rings is 1. The molecular weight excluding hydrogens is 540 g/mol. The van der Waals surface area contributed by atoms with Crippen molar-refractivity contribution in [2.45, 2.75) is 88.8 Å². The molecule has 2 aromatic rings.